The van der Waals surface area contributed by atoms with Crippen LogP contribution in [0.3, 0.4) is 0 Å². The Bertz CT molecular complexity index is 1340. The first-order valence-electron chi connectivity index (χ1n) is 10.6. The molecule has 0 saturated heterocycles. The zero-order valence-electron chi connectivity index (χ0n) is 18.2. The van der Waals surface area contributed by atoms with Crippen molar-refractivity contribution in [3.8, 4) is 5.75 Å². The monoisotopic (exact) mass is 476 g/mol. The van der Waals surface area contributed by atoms with Gasteiger partial charge in [0.05, 0.1) is 22.4 Å². The normalized spacial score (nSPS) is 18.2. The van der Waals surface area contributed by atoms with Crippen LogP contribution in [0.5, 0.6) is 5.75 Å². The third-order valence-corrected chi connectivity index (χ3v) is 9.10. The molecule has 3 aromatic rings. The van der Waals surface area contributed by atoms with Gasteiger partial charge in [-0.1, -0.05) is 11.6 Å². The van der Waals surface area contributed by atoms with Gasteiger partial charge in [0.15, 0.2) is 5.65 Å². The number of nitrogen functional groups attached to an aromatic ring is 1. The van der Waals surface area contributed by atoms with Gasteiger partial charge in [-0.25, -0.2) is 23.1 Å². The molecule has 2 aliphatic rings. The minimum Gasteiger partial charge on any atom is -0.491 e. The molecular formula is C21H25ClN6O3S. The van der Waals surface area contributed by atoms with Gasteiger partial charge in [-0.3, -0.25) is 0 Å². The molecule has 1 aliphatic heterocycles. The minimum absolute atomic E-state index is 0.244. The molecule has 1 aliphatic carbocycles. The smallest absolute Gasteiger partial charge is 0.217 e. The van der Waals surface area contributed by atoms with Crippen LogP contribution in [0, 0.1) is 13.8 Å². The molecule has 170 valence electrons. The number of hydrogen-bond acceptors (Lipinski definition) is 7. The number of nitrogens with two attached hydrogens (primary N) is 1. The van der Waals surface area contributed by atoms with Gasteiger partial charge in [-0.2, -0.15) is 9.40 Å². The molecule has 0 spiro atoms. The number of nitrogens with zero attached hydrogens (tertiary/aromatic N) is 5. The molecule has 32 heavy (non-hydrogen) atoms. The maximum atomic E-state index is 12.9. The molecule has 1 fully saturated rings. The number of ether oxygens (including phenoxy) is 1. The quantitative estimate of drug-likeness (QED) is 0.615. The van der Waals surface area contributed by atoms with E-state index in [1.807, 2.05) is 26.8 Å². The van der Waals surface area contributed by atoms with Gasteiger partial charge in [0.2, 0.25) is 10.0 Å². The van der Waals surface area contributed by atoms with E-state index in [-0.39, 0.29) is 24.4 Å². The van der Waals surface area contributed by atoms with E-state index >= 15 is 0 Å². The molecule has 1 aromatic carbocycles. The fraction of sp³-hybridized carbons (Fsp3) is 0.476. The SMILES string of the molecule is Cc1c(Cl)cc(C(C)n2nc(C)c3c(N)ncnc32)c2c1CN(S(=O)(=O)C1CC1)CCO2. The standard InChI is InChI=1S/C21H25ClN6O3S/c1-11-16-9-27(32(29,30)14-4-5-14)6-7-31-19(16)15(8-17(11)22)13(3)28-21-18(12(2)26-28)20(23)24-10-25-21/h8,10,13-14H,4-7,9H2,1-3H3,(H2,23,24,25). The molecule has 1 saturated carbocycles. The lowest BCUT2D eigenvalue weighted by molar-refractivity contribution is 0.288. The van der Waals surface area contributed by atoms with Crippen molar-refractivity contribution in [1.29, 1.82) is 0 Å². The van der Waals surface area contributed by atoms with Gasteiger partial charge < -0.3 is 10.5 Å². The zero-order chi connectivity index (χ0) is 22.8. The van der Waals surface area contributed by atoms with Gasteiger partial charge in [0.25, 0.3) is 0 Å². The summed E-state index contributed by atoms with van der Waals surface area (Å²) >= 11 is 6.62. The van der Waals surface area contributed by atoms with Gasteiger partial charge in [-0.05, 0) is 45.2 Å². The molecule has 0 amide bonds. The second kappa shape index (κ2) is 7.57. The molecule has 1 atom stereocenters. The molecule has 2 aromatic heterocycles. The topological polar surface area (TPSA) is 116 Å². The Balaban J connectivity index is 1.63. The van der Waals surface area contributed by atoms with Crippen LogP contribution in [0.2, 0.25) is 5.02 Å². The Hall–Kier alpha value is -2.43. The minimum atomic E-state index is -3.34. The highest BCUT2D eigenvalue weighted by Gasteiger charge is 2.41. The Kier molecular flexibility index (Phi) is 5.06. The highest BCUT2D eigenvalue weighted by molar-refractivity contribution is 7.90. The number of benzene rings is 1. The summed E-state index contributed by atoms with van der Waals surface area (Å²) in [6.07, 6.45) is 2.86. The van der Waals surface area contributed by atoms with Crippen molar-refractivity contribution in [2.75, 3.05) is 18.9 Å². The van der Waals surface area contributed by atoms with E-state index in [0.29, 0.717) is 34.2 Å². The van der Waals surface area contributed by atoms with Crippen LogP contribution < -0.4 is 10.5 Å². The van der Waals surface area contributed by atoms with Gasteiger partial charge in [0, 0.05) is 29.2 Å². The predicted molar refractivity (Wildman–Crippen MR) is 122 cm³/mol. The molecule has 11 heteroatoms. The lowest BCUT2D eigenvalue weighted by Gasteiger charge is -2.23. The van der Waals surface area contributed by atoms with Gasteiger partial charge in [0.1, 0.15) is 24.5 Å². The predicted octanol–water partition coefficient (Wildman–Crippen LogP) is 2.97. The van der Waals surface area contributed by atoms with E-state index in [1.165, 1.54) is 10.6 Å². The Morgan fingerprint density at radius 1 is 1.28 bits per heavy atom. The maximum absolute atomic E-state index is 12.9. The van der Waals surface area contributed by atoms with Crippen molar-refractivity contribution in [3.05, 3.63) is 39.8 Å². The molecule has 3 heterocycles. The van der Waals surface area contributed by atoms with E-state index in [4.69, 9.17) is 22.1 Å². The van der Waals surface area contributed by atoms with Crippen molar-refractivity contribution in [3.63, 3.8) is 0 Å². The summed E-state index contributed by atoms with van der Waals surface area (Å²) < 4.78 is 35.3. The lowest BCUT2D eigenvalue weighted by Crippen LogP contribution is -2.35. The lowest BCUT2D eigenvalue weighted by atomic mass is 9.98. The van der Waals surface area contributed by atoms with E-state index < -0.39 is 10.0 Å². The van der Waals surface area contributed by atoms with Crippen molar-refractivity contribution in [2.45, 2.75) is 51.4 Å². The summed E-state index contributed by atoms with van der Waals surface area (Å²) in [5, 5.41) is 5.67. The second-order valence-corrected chi connectivity index (χ2v) is 11.1. The first-order valence-corrected chi connectivity index (χ1v) is 12.5. The molecule has 1 unspecified atom stereocenters. The van der Waals surface area contributed by atoms with Crippen LogP contribution in [0.1, 0.15) is 48.2 Å². The van der Waals surface area contributed by atoms with Crippen LogP contribution in [0.4, 0.5) is 5.82 Å². The zero-order valence-corrected chi connectivity index (χ0v) is 19.7. The highest BCUT2D eigenvalue weighted by Crippen LogP contribution is 2.41. The summed E-state index contributed by atoms with van der Waals surface area (Å²) in [4.78, 5) is 8.48. The molecule has 9 nitrogen and oxygen atoms in total. The third-order valence-electron chi connectivity index (χ3n) is 6.37. The van der Waals surface area contributed by atoms with Crippen molar-refractivity contribution < 1.29 is 13.2 Å². The Morgan fingerprint density at radius 3 is 2.75 bits per heavy atom. The second-order valence-electron chi connectivity index (χ2n) is 8.47. The summed E-state index contributed by atoms with van der Waals surface area (Å²) in [6, 6.07) is 1.60. The Labute approximate surface area is 191 Å². The number of fused-ring (bicyclic) bond motifs is 2. The largest absolute Gasteiger partial charge is 0.491 e. The van der Waals surface area contributed by atoms with Crippen LogP contribution in [0.25, 0.3) is 11.0 Å². The summed E-state index contributed by atoms with van der Waals surface area (Å²) in [6.45, 7) is 6.57. The molecule has 0 radical (unpaired) electrons. The fourth-order valence-corrected chi connectivity index (χ4v) is 6.36. The average molecular weight is 477 g/mol. The molecule has 0 bridgehead atoms. The number of rotatable bonds is 4. The van der Waals surface area contributed by atoms with E-state index in [2.05, 4.69) is 15.1 Å². The number of hydrogen-bond donors (Lipinski definition) is 1. The van der Waals surface area contributed by atoms with Crippen molar-refractivity contribution >= 4 is 38.5 Å². The average Bonchev–Trinajstić information content (AvgIpc) is 3.57. The van der Waals surface area contributed by atoms with Crippen LogP contribution in [-0.4, -0.2) is 50.9 Å². The molecule has 5 rings (SSSR count). The van der Waals surface area contributed by atoms with Crippen molar-refractivity contribution in [1.82, 2.24) is 24.1 Å². The van der Waals surface area contributed by atoms with Crippen LogP contribution >= 0.6 is 11.6 Å². The molecule has 2 N–H and O–H groups in total. The number of aromatic nitrogens is 4. The summed E-state index contributed by atoms with van der Waals surface area (Å²) in [5.74, 6) is 1.04. The summed E-state index contributed by atoms with van der Waals surface area (Å²) in [5.41, 5.74) is 9.85. The van der Waals surface area contributed by atoms with Crippen LogP contribution in [0.15, 0.2) is 12.4 Å². The number of halogens is 1. The van der Waals surface area contributed by atoms with E-state index in [1.54, 1.807) is 4.68 Å². The first-order chi connectivity index (χ1) is 15.2. The van der Waals surface area contributed by atoms with Gasteiger partial charge in [-0.15, -0.1) is 0 Å². The van der Waals surface area contributed by atoms with Gasteiger partial charge >= 0.3 is 0 Å². The number of aryl methyl sites for hydroxylation is 1. The van der Waals surface area contributed by atoms with E-state index in [9.17, 15) is 8.42 Å². The number of sulfonamides is 1. The third kappa shape index (κ3) is 3.32. The van der Waals surface area contributed by atoms with Crippen LogP contribution in [-0.2, 0) is 16.6 Å². The van der Waals surface area contributed by atoms with Crippen molar-refractivity contribution in [2.24, 2.45) is 0 Å². The maximum Gasteiger partial charge on any atom is 0.217 e. The Morgan fingerprint density at radius 2 is 2.03 bits per heavy atom. The first kappa shape index (κ1) is 21.4. The summed E-state index contributed by atoms with van der Waals surface area (Å²) in [7, 11) is -3.34. The molecular weight excluding hydrogens is 452 g/mol. The number of anilines is 1. The highest BCUT2D eigenvalue weighted by atomic mass is 35.5. The van der Waals surface area contributed by atoms with E-state index in [0.717, 1.165) is 35.2 Å². The fourth-order valence-electron chi connectivity index (χ4n) is 4.34.